The summed E-state index contributed by atoms with van der Waals surface area (Å²) in [5, 5.41) is 86.6. The van der Waals surface area contributed by atoms with E-state index in [1.54, 1.807) is 6.08 Å². The number of carbonyl (C=O) groups excluding carboxylic acids is 1. The van der Waals surface area contributed by atoms with Crippen LogP contribution in [-0.4, -0.2) is 140 Å². The first-order chi connectivity index (χ1) is 36.6. The van der Waals surface area contributed by atoms with Crippen molar-refractivity contribution < 1.29 is 64.6 Å². The number of ether oxygens (including phenoxy) is 4. The molecule has 2 rings (SSSR count). The Kier molecular flexibility index (Phi) is 40.9. The molecule has 2 aliphatic rings. The molecule has 0 aromatic rings. The molecule has 0 aliphatic carbocycles. The lowest BCUT2D eigenvalue weighted by atomic mass is 9.97. The molecule has 2 aliphatic heterocycles. The van der Waals surface area contributed by atoms with Gasteiger partial charge in [0.1, 0.15) is 48.8 Å². The Morgan fingerprint density at radius 3 is 1.47 bits per heavy atom. The van der Waals surface area contributed by atoms with Crippen LogP contribution in [0.15, 0.2) is 122 Å². The van der Waals surface area contributed by atoms with Crippen LogP contribution in [0.4, 0.5) is 0 Å². The lowest BCUT2D eigenvalue weighted by molar-refractivity contribution is -0.359. The number of nitrogens with one attached hydrogen (secondary N) is 1. The topological polar surface area (TPSA) is 228 Å². The molecule has 426 valence electrons. The summed E-state index contributed by atoms with van der Waals surface area (Å²) in [5.41, 5.74) is 0. The molecular weight excluding hydrogens is 955 g/mol. The molecule has 12 atom stereocenters. The van der Waals surface area contributed by atoms with Crippen LogP contribution in [0.25, 0.3) is 0 Å². The maximum atomic E-state index is 13.2. The molecule has 0 aromatic heterocycles. The summed E-state index contributed by atoms with van der Waals surface area (Å²) in [4.78, 5) is 13.2. The molecule has 2 heterocycles. The van der Waals surface area contributed by atoms with E-state index < -0.39 is 86.8 Å². The van der Waals surface area contributed by atoms with Gasteiger partial charge in [-0.2, -0.15) is 0 Å². The van der Waals surface area contributed by atoms with Gasteiger partial charge in [0.2, 0.25) is 5.91 Å². The zero-order valence-electron chi connectivity index (χ0n) is 45.5. The summed E-state index contributed by atoms with van der Waals surface area (Å²) in [6.07, 6.45) is 48.5. The zero-order chi connectivity index (χ0) is 54.6. The Bertz CT molecular complexity index is 1720. The van der Waals surface area contributed by atoms with Crippen molar-refractivity contribution in [1.29, 1.82) is 0 Å². The van der Waals surface area contributed by atoms with Gasteiger partial charge >= 0.3 is 0 Å². The molecule has 0 spiro atoms. The van der Waals surface area contributed by atoms with Crippen LogP contribution in [-0.2, 0) is 23.7 Å². The van der Waals surface area contributed by atoms with E-state index in [1.165, 1.54) is 19.3 Å². The highest BCUT2D eigenvalue weighted by atomic mass is 16.7. The van der Waals surface area contributed by atoms with Gasteiger partial charge < -0.3 is 65.1 Å². The van der Waals surface area contributed by atoms with Crippen molar-refractivity contribution in [2.45, 2.75) is 235 Å². The quantitative estimate of drug-likeness (QED) is 0.0206. The molecule has 14 heteroatoms. The monoisotopic (exact) mass is 1050 g/mol. The van der Waals surface area contributed by atoms with Crippen molar-refractivity contribution in [2.24, 2.45) is 0 Å². The highest BCUT2D eigenvalue weighted by Crippen LogP contribution is 2.30. The van der Waals surface area contributed by atoms with Crippen LogP contribution >= 0.6 is 0 Å². The molecule has 9 N–H and O–H groups in total. The molecule has 2 fully saturated rings. The number of rotatable bonds is 42. The fourth-order valence-corrected chi connectivity index (χ4v) is 8.31. The minimum absolute atomic E-state index is 0.254. The van der Waals surface area contributed by atoms with Crippen LogP contribution in [0.1, 0.15) is 162 Å². The predicted molar refractivity (Wildman–Crippen MR) is 299 cm³/mol. The van der Waals surface area contributed by atoms with Gasteiger partial charge in [-0.25, -0.2) is 0 Å². The van der Waals surface area contributed by atoms with Gasteiger partial charge in [0.05, 0.1) is 32.0 Å². The van der Waals surface area contributed by atoms with Crippen LogP contribution in [0, 0.1) is 0 Å². The van der Waals surface area contributed by atoms with Crippen molar-refractivity contribution in [3.8, 4) is 0 Å². The number of aliphatic hydroxyl groups excluding tert-OH is 8. The Labute approximate surface area is 450 Å². The third-order valence-electron chi connectivity index (χ3n) is 12.9. The smallest absolute Gasteiger partial charge is 0.220 e. The maximum absolute atomic E-state index is 13.2. The van der Waals surface area contributed by atoms with Crippen LogP contribution in [0.3, 0.4) is 0 Å². The zero-order valence-corrected chi connectivity index (χ0v) is 45.5. The van der Waals surface area contributed by atoms with Gasteiger partial charge in [-0.05, 0) is 89.9 Å². The molecule has 0 saturated carbocycles. The lowest BCUT2D eigenvalue weighted by Crippen LogP contribution is -2.65. The van der Waals surface area contributed by atoms with E-state index in [-0.39, 0.29) is 18.9 Å². The first-order valence-electron chi connectivity index (χ1n) is 28.3. The number of allylic oxidation sites excluding steroid dienone is 19. The largest absolute Gasteiger partial charge is 0.394 e. The Morgan fingerprint density at radius 1 is 0.493 bits per heavy atom. The van der Waals surface area contributed by atoms with Crippen molar-refractivity contribution in [1.82, 2.24) is 5.32 Å². The third kappa shape index (κ3) is 31.4. The van der Waals surface area contributed by atoms with Gasteiger partial charge in [0, 0.05) is 6.42 Å². The number of unbranched alkanes of at least 4 members (excludes halogenated alkanes) is 11. The van der Waals surface area contributed by atoms with Gasteiger partial charge in [0.25, 0.3) is 0 Å². The Morgan fingerprint density at radius 2 is 0.933 bits per heavy atom. The second-order valence-corrected chi connectivity index (χ2v) is 19.3. The van der Waals surface area contributed by atoms with Crippen molar-refractivity contribution in [3.63, 3.8) is 0 Å². The van der Waals surface area contributed by atoms with E-state index in [4.69, 9.17) is 18.9 Å². The molecule has 12 unspecified atom stereocenters. The van der Waals surface area contributed by atoms with Crippen LogP contribution < -0.4 is 5.32 Å². The normalized spacial score (nSPS) is 26.0. The summed E-state index contributed by atoms with van der Waals surface area (Å²) in [6, 6.07) is -0.942. The highest BCUT2D eigenvalue weighted by molar-refractivity contribution is 5.76. The fraction of sp³-hybridized carbons (Fsp3) is 0.656. The molecular formula is C61H99NO13. The number of hydrogen-bond acceptors (Lipinski definition) is 13. The van der Waals surface area contributed by atoms with E-state index in [0.29, 0.717) is 12.8 Å². The van der Waals surface area contributed by atoms with Gasteiger partial charge in [-0.15, -0.1) is 0 Å². The third-order valence-corrected chi connectivity index (χ3v) is 12.9. The van der Waals surface area contributed by atoms with E-state index >= 15 is 0 Å². The summed E-state index contributed by atoms with van der Waals surface area (Å²) in [5.74, 6) is -0.269. The molecule has 14 nitrogen and oxygen atoms in total. The molecule has 0 radical (unpaired) electrons. The molecule has 0 bridgehead atoms. The summed E-state index contributed by atoms with van der Waals surface area (Å²) in [6.45, 7) is 2.54. The maximum Gasteiger partial charge on any atom is 0.220 e. The second-order valence-electron chi connectivity index (χ2n) is 19.3. The number of aliphatic hydroxyl groups is 8. The average molecular weight is 1050 g/mol. The highest BCUT2D eigenvalue weighted by Gasteiger charge is 2.51. The van der Waals surface area contributed by atoms with E-state index in [2.05, 4.69) is 129 Å². The first-order valence-corrected chi connectivity index (χ1v) is 28.3. The molecule has 75 heavy (non-hydrogen) atoms. The van der Waals surface area contributed by atoms with Crippen molar-refractivity contribution in [3.05, 3.63) is 122 Å². The fourth-order valence-electron chi connectivity index (χ4n) is 8.31. The summed E-state index contributed by atoms with van der Waals surface area (Å²) < 4.78 is 22.6. The van der Waals surface area contributed by atoms with Gasteiger partial charge in [-0.1, -0.05) is 187 Å². The SMILES string of the molecule is CC/C=C\C/C=C\C/C=C\C/C=C\C/C=C\C/C=C\C/C=C\C/C=C\CCCCCCCCCCC(=O)NC(COC1OC(CO)C(OC2OC(CO)C(O)C(O)C2O)C(O)C1O)C(O)/C=C/CC/C=C/CCCC. The first kappa shape index (κ1) is 67.5. The summed E-state index contributed by atoms with van der Waals surface area (Å²) >= 11 is 0. The summed E-state index contributed by atoms with van der Waals surface area (Å²) in [7, 11) is 0. The average Bonchev–Trinajstić information content (AvgIpc) is 3.41. The van der Waals surface area contributed by atoms with E-state index in [0.717, 1.165) is 109 Å². The Hall–Kier alpha value is -3.61. The van der Waals surface area contributed by atoms with Crippen LogP contribution in [0.2, 0.25) is 0 Å². The Balaban J connectivity index is 1.65. The van der Waals surface area contributed by atoms with Gasteiger partial charge in [-0.3, -0.25) is 4.79 Å². The van der Waals surface area contributed by atoms with E-state index in [1.807, 2.05) is 6.08 Å². The van der Waals surface area contributed by atoms with Gasteiger partial charge in [0.15, 0.2) is 12.6 Å². The molecule has 1 amide bonds. The lowest BCUT2D eigenvalue weighted by Gasteiger charge is -2.46. The second kappa shape index (κ2) is 45.4. The number of carbonyl (C=O) groups is 1. The van der Waals surface area contributed by atoms with Crippen molar-refractivity contribution >= 4 is 5.91 Å². The predicted octanol–water partition coefficient (Wildman–Crippen LogP) is 9.05. The van der Waals surface area contributed by atoms with E-state index in [9.17, 15) is 45.6 Å². The minimum Gasteiger partial charge on any atom is -0.394 e. The molecule has 0 aromatic carbocycles. The minimum atomic E-state index is -1.80. The van der Waals surface area contributed by atoms with Crippen LogP contribution in [0.5, 0.6) is 0 Å². The number of hydrogen-bond donors (Lipinski definition) is 9. The number of amides is 1. The van der Waals surface area contributed by atoms with Crippen molar-refractivity contribution in [2.75, 3.05) is 19.8 Å². The standard InChI is InChI=1S/C61H99NO13/c1-3-5-7-9-11-13-14-15-16-17-18-19-20-21-22-23-24-25-26-27-28-29-30-31-32-33-34-35-36-37-39-41-43-45-53(66)62-49(50(65)44-42-40-38-12-10-8-6-4-2)48-72-60-58(71)56(69)59(52(47-64)74-60)75-61-57(70)55(68)54(67)51(46-63)73-61/h5,7,10-13,15-16,18-19,21-22,24-25,27-28,30-31,42,44,49-52,54-61,63-65,67-71H,3-4,6,8-9,14,17,20,23,26,29,32-41,43,45-48H2,1-2H3,(H,62,66)/b7-5-,12-10+,13-11-,16-15-,19-18-,22-21-,25-24-,28-27-,31-30-,44-42+. The molecule has 2 saturated heterocycles.